The molecule has 0 aliphatic carbocycles. The van der Waals surface area contributed by atoms with E-state index in [2.05, 4.69) is 15.3 Å². The third-order valence-electron chi connectivity index (χ3n) is 5.30. The lowest BCUT2D eigenvalue weighted by atomic mass is 10.1. The van der Waals surface area contributed by atoms with Gasteiger partial charge in [-0.1, -0.05) is 29.8 Å². The minimum atomic E-state index is -0.764. The highest BCUT2D eigenvalue weighted by atomic mass is 35.5. The van der Waals surface area contributed by atoms with Gasteiger partial charge in [0.2, 0.25) is 11.8 Å². The third-order valence-corrected chi connectivity index (χ3v) is 5.56. The summed E-state index contributed by atoms with van der Waals surface area (Å²) in [5.74, 6) is 0.0982. The highest BCUT2D eigenvalue weighted by Gasteiger charge is 2.23. The van der Waals surface area contributed by atoms with Gasteiger partial charge in [0.05, 0.1) is 6.54 Å². The number of rotatable bonds is 7. The highest BCUT2D eigenvalue weighted by molar-refractivity contribution is 6.30. The fourth-order valence-electron chi connectivity index (χ4n) is 3.54. The van der Waals surface area contributed by atoms with E-state index < -0.39 is 22.8 Å². The van der Waals surface area contributed by atoms with Crippen LogP contribution in [-0.2, 0) is 12.1 Å². The van der Waals surface area contributed by atoms with Crippen molar-refractivity contribution in [1.82, 2.24) is 19.1 Å². The molecule has 0 radical (unpaired) electrons. The molecule has 0 aliphatic rings. The number of hydrogen-bond donors (Lipinski definition) is 2. The number of primary amides is 1. The van der Waals surface area contributed by atoms with Crippen molar-refractivity contribution in [3.63, 3.8) is 0 Å². The van der Waals surface area contributed by atoms with Crippen LogP contribution in [0, 0.1) is 0 Å². The predicted octanol–water partition coefficient (Wildman–Crippen LogP) is 3.89. The predicted molar refractivity (Wildman–Crippen MR) is 141 cm³/mol. The molecule has 1 amide bonds. The maximum absolute atomic E-state index is 13.4. The number of carbonyl (C=O) groups is 1. The zero-order chi connectivity index (χ0) is 26.7. The zero-order valence-electron chi connectivity index (χ0n) is 20.4. The van der Waals surface area contributed by atoms with E-state index in [0.29, 0.717) is 16.5 Å². The van der Waals surface area contributed by atoms with Crippen molar-refractivity contribution < 1.29 is 9.53 Å². The molecule has 2 heterocycles. The van der Waals surface area contributed by atoms with Crippen molar-refractivity contribution in [2.75, 3.05) is 5.32 Å². The molecule has 0 atom stereocenters. The van der Waals surface area contributed by atoms with Crippen LogP contribution >= 0.6 is 11.6 Å². The first-order chi connectivity index (χ1) is 17.5. The number of nitrogens with two attached hydrogens (primary N) is 1. The number of hydrogen-bond acceptors (Lipinski definition) is 7. The highest BCUT2D eigenvalue weighted by Crippen LogP contribution is 2.23. The number of benzene rings is 2. The van der Waals surface area contributed by atoms with Crippen LogP contribution in [0.4, 0.5) is 11.6 Å². The number of halogens is 1. The molecule has 37 heavy (non-hydrogen) atoms. The number of amides is 1. The van der Waals surface area contributed by atoms with Crippen LogP contribution in [0.5, 0.6) is 11.6 Å². The van der Waals surface area contributed by atoms with Crippen molar-refractivity contribution in [1.29, 1.82) is 0 Å². The average molecular weight is 521 g/mol. The Kier molecular flexibility index (Phi) is 7.12. The summed E-state index contributed by atoms with van der Waals surface area (Å²) in [5, 5.41) is 3.63. The lowest BCUT2D eigenvalue weighted by Crippen LogP contribution is -2.49. The molecule has 4 rings (SSSR count). The van der Waals surface area contributed by atoms with Crippen LogP contribution in [0.1, 0.15) is 36.8 Å². The Morgan fingerprint density at radius 2 is 1.68 bits per heavy atom. The van der Waals surface area contributed by atoms with Crippen LogP contribution in [0.25, 0.3) is 0 Å². The third kappa shape index (κ3) is 6.04. The van der Waals surface area contributed by atoms with E-state index in [-0.39, 0.29) is 24.1 Å². The number of nitrogens with one attached hydrogen (secondary N) is 1. The Balaban J connectivity index is 1.65. The van der Waals surface area contributed by atoms with Gasteiger partial charge in [0, 0.05) is 22.3 Å². The molecular formula is C26H25ClN6O4. The molecule has 0 spiro atoms. The van der Waals surface area contributed by atoms with Crippen molar-refractivity contribution in [2.45, 2.75) is 32.9 Å². The quantitative estimate of drug-likeness (QED) is 0.377. The molecule has 0 saturated carbocycles. The van der Waals surface area contributed by atoms with Crippen molar-refractivity contribution >= 4 is 29.1 Å². The molecule has 2 aromatic heterocycles. The average Bonchev–Trinajstić information content (AvgIpc) is 2.83. The fourth-order valence-corrected chi connectivity index (χ4v) is 3.67. The van der Waals surface area contributed by atoms with Crippen LogP contribution in [0.3, 0.4) is 0 Å². The Morgan fingerprint density at radius 3 is 2.30 bits per heavy atom. The lowest BCUT2D eigenvalue weighted by molar-refractivity contribution is 0.0995. The first-order valence-electron chi connectivity index (χ1n) is 11.3. The zero-order valence-corrected chi connectivity index (χ0v) is 21.2. The number of carbonyl (C=O) groups excluding carboxylic acids is 1. The summed E-state index contributed by atoms with van der Waals surface area (Å²) >= 11 is 6.00. The molecule has 10 nitrogen and oxygen atoms in total. The summed E-state index contributed by atoms with van der Waals surface area (Å²) in [5.41, 5.74) is 4.81. The van der Waals surface area contributed by atoms with E-state index in [4.69, 9.17) is 22.1 Å². The molecule has 0 saturated heterocycles. The van der Waals surface area contributed by atoms with E-state index in [0.717, 1.165) is 10.1 Å². The van der Waals surface area contributed by atoms with Gasteiger partial charge in [0.1, 0.15) is 11.4 Å². The van der Waals surface area contributed by atoms with Crippen LogP contribution in [0.2, 0.25) is 5.02 Å². The molecule has 11 heteroatoms. The largest absolute Gasteiger partial charge is 0.439 e. The Hall–Kier alpha value is -4.44. The lowest BCUT2D eigenvalue weighted by Gasteiger charge is -2.23. The second-order valence-corrected chi connectivity index (χ2v) is 9.63. The van der Waals surface area contributed by atoms with Crippen LogP contribution in [0.15, 0.2) is 76.3 Å². The first-order valence-corrected chi connectivity index (χ1v) is 11.7. The van der Waals surface area contributed by atoms with Gasteiger partial charge in [0.15, 0.2) is 0 Å². The molecular weight excluding hydrogens is 496 g/mol. The van der Waals surface area contributed by atoms with Gasteiger partial charge in [0.25, 0.3) is 5.91 Å². The summed E-state index contributed by atoms with van der Waals surface area (Å²) in [6.07, 6.45) is 0. The monoisotopic (exact) mass is 520 g/mol. The van der Waals surface area contributed by atoms with E-state index in [1.54, 1.807) is 81.4 Å². The number of anilines is 2. The minimum Gasteiger partial charge on any atom is -0.439 e. The second kappa shape index (κ2) is 10.3. The second-order valence-electron chi connectivity index (χ2n) is 9.20. The topological polar surface area (TPSA) is 134 Å². The van der Waals surface area contributed by atoms with E-state index >= 15 is 0 Å². The summed E-state index contributed by atoms with van der Waals surface area (Å²) in [6.45, 7) is 5.47. The van der Waals surface area contributed by atoms with Gasteiger partial charge >= 0.3 is 11.4 Å². The molecule has 4 aromatic rings. The number of pyridine rings is 1. The van der Waals surface area contributed by atoms with E-state index in [1.807, 2.05) is 0 Å². The summed E-state index contributed by atoms with van der Waals surface area (Å²) in [6, 6.07) is 18.5. The van der Waals surface area contributed by atoms with Crippen molar-refractivity contribution in [2.24, 2.45) is 5.73 Å². The van der Waals surface area contributed by atoms with Crippen LogP contribution in [-0.4, -0.2) is 25.0 Å². The minimum absolute atomic E-state index is 0.0884. The Bertz CT molecular complexity index is 1550. The van der Waals surface area contributed by atoms with Gasteiger partial charge in [-0.2, -0.15) is 4.98 Å². The van der Waals surface area contributed by atoms with E-state index in [9.17, 15) is 14.4 Å². The van der Waals surface area contributed by atoms with Gasteiger partial charge in [-0.25, -0.2) is 19.1 Å². The first kappa shape index (κ1) is 25.6. The van der Waals surface area contributed by atoms with Crippen molar-refractivity contribution in [3.8, 4) is 11.6 Å². The molecule has 0 aliphatic heterocycles. The standard InChI is InChI=1S/C26H25ClN6O4/c1-26(2,3)33-24(35)31-23(32(25(33)36)15-16-7-9-17(27)10-8-16)29-18-11-13-19(14-12-18)37-21-6-4-5-20(30-21)22(28)34/h4-14H,15H2,1-3H3,(H2,28,34)(H,29,31,35). The molecule has 2 aromatic carbocycles. The van der Waals surface area contributed by atoms with Gasteiger partial charge in [-0.3, -0.25) is 9.36 Å². The maximum Gasteiger partial charge on any atom is 0.355 e. The maximum atomic E-state index is 13.4. The SMILES string of the molecule is CC(C)(C)n1c(=O)nc(Nc2ccc(Oc3cccc(C(N)=O)n3)cc2)n(Cc2ccc(Cl)cc2)c1=O. The molecule has 0 unspecified atom stereocenters. The molecule has 190 valence electrons. The number of nitrogens with zero attached hydrogens (tertiary/aromatic N) is 4. The smallest absolute Gasteiger partial charge is 0.355 e. The molecule has 0 fully saturated rings. The molecule has 0 bridgehead atoms. The number of aromatic nitrogens is 4. The van der Waals surface area contributed by atoms with Gasteiger partial charge in [-0.15, -0.1) is 0 Å². The Morgan fingerprint density at radius 1 is 1.00 bits per heavy atom. The normalized spacial score (nSPS) is 11.2. The van der Waals surface area contributed by atoms with Crippen molar-refractivity contribution in [3.05, 3.63) is 104 Å². The summed E-state index contributed by atoms with van der Waals surface area (Å²) in [4.78, 5) is 45.8. The van der Waals surface area contributed by atoms with E-state index in [1.165, 1.54) is 10.6 Å². The van der Waals surface area contributed by atoms with Crippen LogP contribution < -0.4 is 27.2 Å². The Labute approximate surface area is 217 Å². The number of ether oxygens (including phenoxy) is 1. The van der Waals surface area contributed by atoms with Gasteiger partial charge in [-0.05, 0) is 68.8 Å². The summed E-state index contributed by atoms with van der Waals surface area (Å²) in [7, 11) is 0. The van der Waals surface area contributed by atoms with Gasteiger partial charge < -0.3 is 15.8 Å². The fraction of sp³-hybridized carbons (Fsp3) is 0.192. The molecule has 3 N–H and O–H groups in total. The summed E-state index contributed by atoms with van der Waals surface area (Å²) < 4.78 is 8.22.